The molecule has 1 fully saturated rings. The summed E-state index contributed by atoms with van der Waals surface area (Å²) in [6, 6.07) is 0.00784. The number of carbonyl (C=O) groups is 2. The van der Waals surface area contributed by atoms with Crippen LogP contribution in [0.1, 0.15) is 29.6 Å². The van der Waals surface area contributed by atoms with E-state index in [4.69, 9.17) is 0 Å². The van der Waals surface area contributed by atoms with Gasteiger partial charge in [0.05, 0.1) is 18.4 Å². The maximum absolute atomic E-state index is 11.6. The Hall–Kier alpha value is -1.56. The molecule has 0 spiro atoms. The summed E-state index contributed by atoms with van der Waals surface area (Å²) in [7, 11) is 1.32. The smallest absolute Gasteiger partial charge is 0.340 e. The average molecular weight is 254 g/mol. The highest BCUT2D eigenvalue weighted by Gasteiger charge is 2.20. The standard InChI is InChI=1S/C11H14N2O3S/c1-16-10(14)8-5-17-6-9(8)13-11(15)12-7-3-2-4-7/h5-7H,2-4H2,1H3,(H2,12,13,15). The van der Waals surface area contributed by atoms with Crippen molar-refractivity contribution in [3.63, 3.8) is 0 Å². The molecule has 0 atom stereocenters. The molecule has 2 rings (SSSR count). The normalized spacial score (nSPS) is 14.9. The third-order valence-electron chi connectivity index (χ3n) is 2.76. The van der Waals surface area contributed by atoms with Crippen molar-refractivity contribution < 1.29 is 14.3 Å². The first-order valence-corrected chi connectivity index (χ1v) is 6.37. The van der Waals surface area contributed by atoms with Crippen LogP contribution in [0.15, 0.2) is 10.8 Å². The minimum absolute atomic E-state index is 0.266. The Kier molecular flexibility index (Phi) is 3.63. The zero-order valence-corrected chi connectivity index (χ0v) is 10.3. The molecule has 6 heteroatoms. The summed E-state index contributed by atoms with van der Waals surface area (Å²) < 4.78 is 4.63. The van der Waals surface area contributed by atoms with Crippen molar-refractivity contribution in [3.05, 3.63) is 16.3 Å². The van der Waals surface area contributed by atoms with Crippen molar-refractivity contribution in [2.24, 2.45) is 0 Å². The van der Waals surface area contributed by atoms with Crippen molar-refractivity contribution in [2.45, 2.75) is 25.3 Å². The number of carbonyl (C=O) groups excluding carboxylic acids is 2. The lowest BCUT2D eigenvalue weighted by atomic mass is 9.93. The molecule has 0 unspecified atom stereocenters. The molecular formula is C11H14N2O3S. The van der Waals surface area contributed by atoms with Gasteiger partial charge in [0.15, 0.2) is 0 Å². The van der Waals surface area contributed by atoms with Gasteiger partial charge in [-0.05, 0) is 19.3 Å². The molecule has 0 radical (unpaired) electrons. The summed E-state index contributed by atoms with van der Waals surface area (Å²) in [5.41, 5.74) is 0.889. The second-order valence-corrected chi connectivity index (χ2v) is 4.66. The number of amides is 2. The molecule has 1 aromatic rings. The lowest BCUT2D eigenvalue weighted by Crippen LogP contribution is -2.41. The number of ether oxygens (including phenoxy) is 1. The monoisotopic (exact) mass is 254 g/mol. The molecule has 1 aromatic heterocycles. The number of thiophene rings is 1. The van der Waals surface area contributed by atoms with Crippen LogP contribution in [0.3, 0.4) is 0 Å². The fourth-order valence-electron chi connectivity index (χ4n) is 1.56. The van der Waals surface area contributed by atoms with Gasteiger partial charge in [0, 0.05) is 16.8 Å². The van der Waals surface area contributed by atoms with Crippen LogP contribution in [-0.2, 0) is 4.74 Å². The van der Waals surface area contributed by atoms with Crippen LogP contribution in [0.4, 0.5) is 10.5 Å². The van der Waals surface area contributed by atoms with Crippen molar-refractivity contribution in [1.29, 1.82) is 0 Å². The van der Waals surface area contributed by atoms with Gasteiger partial charge in [0.1, 0.15) is 0 Å². The topological polar surface area (TPSA) is 67.4 Å². The van der Waals surface area contributed by atoms with E-state index in [9.17, 15) is 9.59 Å². The molecule has 1 heterocycles. The van der Waals surface area contributed by atoms with E-state index in [0.29, 0.717) is 11.3 Å². The number of esters is 1. The molecular weight excluding hydrogens is 240 g/mol. The summed E-state index contributed by atoms with van der Waals surface area (Å²) in [5.74, 6) is -0.440. The van der Waals surface area contributed by atoms with E-state index < -0.39 is 5.97 Å². The lowest BCUT2D eigenvalue weighted by Gasteiger charge is -2.26. The number of rotatable bonds is 3. The molecule has 17 heavy (non-hydrogen) atoms. The highest BCUT2D eigenvalue weighted by Crippen LogP contribution is 2.22. The van der Waals surface area contributed by atoms with E-state index in [1.54, 1.807) is 10.8 Å². The van der Waals surface area contributed by atoms with Gasteiger partial charge in [-0.15, -0.1) is 11.3 Å². The van der Waals surface area contributed by atoms with Gasteiger partial charge < -0.3 is 15.4 Å². The summed E-state index contributed by atoms with van der Waals surface area (Å²) in [6.45, 7) is 0. The van der Waals surface area contributed by atoms with E-state index in [0.717, 1.165) is 19.3 Å². The molecule has 2 amide bonds. The first-order chi connectivity index (χ1) is 8.20. The number of anilines is 1. The van der Waals surface area contributed by atoms with Gasteiger partial charge >= 0.3 is 12.0 Å². The maximum Gasteiger partial charge on any atom is 0.340 e. The molecule has 0 aliphatic heterocycles. The predicted molar refractivity (Wildman–Crippen MR) is 65.5 cm³/mol. The van der Waals surface area contributed by atoms with Crippen LogP contribution in [0, 0.1) is 0 Å². The van der Waals surface area contributed by atoms with Crippen LogP contribution in [0.5, 0.6) is 0 Å². The van der Waals surface area contributed by atoms with Crippen molar-refractivity contribution in [1.82, 2.24) is 5.32 Å². The zero-order valence-electron chi connectivity index (χ0n) is 9.49. The third-order valence-corrected chi connectivity index (χ3v) is 3.50. The van der Waals surface area contributed by atoms with E-state index in [2.05, 4.69) is 15.4 Å². The maximum atomic E-state index is 11.6. The third kappa shape index (κ3) is 2.76. The fraction of sp³-hybridized carbons (Fsp3) is 0.455. The summed E-state index contributed by atoms with van der Waals surface area (Å²) >= 11 is 1.35. The molecule has 1 saturated carbocycles. The van der Waals surface area contributed by atoms with Crippen molar-refractivity contribution >= 4 is 29.0 Å². The average Bonchev–Trinajstić information content (AvgIpc) is 2.70. The van der Waals surface area contributed by atoms with Crippen LogP contribution in [-0.4, -0.2) is 25.2 Å². The van der Waals surface area contributed by atoms with E-state index in [-0.39, 0.29) is 12.1 Å². The second-order valence-electron chi connectivity index (χ2n) is 3.92. The molecule has 0 saturated heterocycles. The van der Waals surface area contributed by atoms with Gasteiger partial charge in [-0.25, -0.2) is 9.59 Å². The summed E-state index contributed by atoms with van der Waals surface area (Å²) in [5, 5.41) is 8.88. The molecule has 1 aliphatic rings. The Balaban J connectivity index is 1.95. The highest BCUT2D eigenvalue weighted by molar-refractivity contribution is 7.08. The minimum Gasteiger partial charge on any atom is -0.465 e. The first kappa shape index (κ1) is 11.9. The second kappa shape index (κ2) is 5.18. The van der Waals surface area contributed by atoms with Crippen LogP contribution in [0.25, 0.3) is 0 Å². The number of urea groups is 1. The van der Waals surface area contributed by atoms with E-state index in [1.165, 1.54) is 18.4 Å². The van der Waals surface area contributed by atoms with E-state index in [1.807, 2.05) is 0 Å². The fourth-order valence-corrected chi connectivity index (χ4v) is 2.31. The van der Waals surface area contributed by atoms with Gasteiger partial charge in [0.2, 0.25) is 0 Å². The molecule has 2 N–H and O–H groups in total. The minimum atomic E-state index is -0.440. The molecule has 92 valence electrons. The largest absolute Gasteiger partial charge is 0.465 e. The molecule has 1 aliphatic carbocycles. The molecule has 0 bridgehead atoms. The predicted octanol–water partition coefficient (Wildman–Crippen LogP) is 2.21. The SMILES string of the molecule is COC(=O)c1cscc1NC(=O)NC1CCC1. The molecule has 0 aromatic carbocycles. The summed E-state index contributed by atoms with van der Waals surface area (Å²) in [4.78, 5) is 23.0. The van der Waals surface area contributed by atoms with Crippen LogP contribution in [0.2, 0.25) is 0 Å². The Morgan fingerprint density at radius 3 is 2.76 bits per heavy atom. The highest BCUT2D eigenvalue weighted by atomic mass is 32.1. The first-order valence-electron chi connectivity index (χ1n) is 5.42. The Morgan fingerprint density at radius 1 is 1.41 bits per heavy atom. The van der Waals surface area contributed by atoms with Gasteiger partial charge in [0.25, 0.3) is 0 Å². The Labute approximate surface area is 103 Å². The summed E-state index contributed by atoms with van der Waals surface area (Å²) in [6.07, 6.45) is 3.22. The number of hydrogen-bond donors (Lipinski definition) is 2. The number of hydrogen-bond acceptors (Lipinski definition) is 4. The zero-order chi connectivity index (χ0) is 12.3. The van der Waals surface area contributed by atoms with Gasteiger partial charge in [-0.3, -0.25) is 0 Å². The van der Waals surface area contributed by atoms with Crippen molar-refractivity contribution in [3.8, 4) is 0 Å². The quantitative estimate of drug-likeness (QED) is 0.813. The Bertz CT molecular complexity index is 426. The van der Waals surface area contributed by atoms with Crippen molar-refractivity contribution in [2.75, 3.05) is 12.4 Å². The molecule has 5 nitrogen and oxygen atoms in total. The van der Waals surface area contributed by atoms with Crippen LogP contribution >= 0.6 is 11.3 Å². The number of nitrogens with one attached hydrogen (secondary N) is 2. The van der Waals surface area contributed by atoms with E-state index >= 15 is 0 Å². The lowest BCUT2D eigenvalue weighted by molar-refractivity contribution is 0.0602. The van der Waals surface area contributed by atoms with Gasteiger partial charge in [-0.1, -0.05) is 0 Å². The van der Waals surface area contributed by atoms with Crippen LogP contribution < -0.4 is 10.6 Å². The van der Waals surface area contributed by atoms with Gasteiger partial charge in [-0.2, -0.15) is 0 Å². The Morgan fingerprint density at radius 2 is 2.18 bits per heavy atom. The number of methoxy groups -OCH3 is 1.